The van der Waals surface area contributed by atoms with Gasteiger partial charge < -0.3 is 10.1 Å². The van der Waals surface area contributed by atoms with Crippen LogP contribution in [0.1, 0.15) is 45.4 Å². The number of nitrogens with one attached hydrogen (secondary N) is 1. The number of anilines is 1. The van der Waals surface area contributed by atoms with E-state index in [2.05, 4.69) is 5.32 Å². The third-order valence-electron chi connectivity index (χ3n) is 6.42. The summed E-state index contributed by atoms with van der Waals surface area (Å²) in [5, 5.41) is 2.16. The van der Waals surface area contributed by atoms with Gasteiger partial charge in [-0.3, -0.25) is 9.59 Å². The van der Waals surface area contributed by atoms with E-state index in [4.69, 9.17) is 4.74 Å². The minimum absolute atomic E-state index is 0.366. The Morgan fingerprint density at radius 1 is 1.04 bits per heavy atom. The molecule has 0 spiro atoms. The molecule has 4 aliphatic rings. The lowest BCUT2D eigenvalue weighted by Crippen LogP contribution is -2.51. The number of benzene rings is 1. The van der Waals surface area contributed by atoms with Gasteiger partial charge in [0, 0.05) is 0 Å². The van der Waals surface area contributed by atoms with Crippen molar-refractivity contribution in [2.45, 2.75) is 51.6 Å². The van der Waals surface area contributed by atoms with Crippen LogP contribution in [0.5, 0.6) is 0 Å². The summed E-state index contributed by atoms with van der Waals surface area (Å²) >= 11 is 0. The molecule has 4 saturated carbocycles. The van der Waals surface area contributed by atoms with Crippen molar-refractivity contribution < 1.29 is 27.5 Å². The van der Waals surface area contributed by atoms with Crippen LogP contribution in [0, 0.1) is 40.6 Å². The van der Waals surface area contributed by atoms with E-state index in [0.717, 1.165) is 31.4 Å². The average Bonchev–Trinajstić information content (AvgIpc) is 2.61. The maximum absolute atomic E-state index is 13.7. The Morgan fingerprint density at radius 2 is 1.59 bits per heavy atom. The summed E-state index contributed by atoms with van der Waals surface area (Å²) in [5.41, 5.74) is -0.993. The van der Waals surface area contributed by atoms with Gasteiger partial charge in [0.25, 0.3) is 5.91 Å². The van der Waals surface area contributed by atoms with Crippen molar-refractivity contribution in [1.29, 1.82) is 0 Å². The number of hydrogen-bond donors (Lipinski definition) is 1. The van der Waals surface area contributed by atoms with Crippen LogP contribution in [-0.2, 0) is 14.3 Å². The predicted octanol–water partition coefficient (Wildman–Crippen LogP) is 4.19. The van der Waals surface area contributed by atoms with Gasteiger partial charge in [0.05, 0.1) is 11.1 Å². The number of carbonyl (C=O) groups excluding carboxylic acids is 2. The summed E-state index contributed by atoms with van der Waals surface area (Å²) in [6, 6.07) is 1.65. The number of carbonyl (C=O) groups is 2. The van der Waals surface area contributed by atoms with Crippen molar-refractivity contribution in [2.75, 3.05) is 5.32 Å². The molecule has 4 aliphatic carbocycles. The zero-order chi connectivity index (χ0) is 19.3. The molecule has 0 unspecified atom stereocenters. The first kappa shape index (κ1) is 18.3. The molecule has 5 rings (SSSR count). The van der Waals surface area contributed by atoms with Crippen LogP contribution in [-0.4, -0.2) is 18.0 Å². The fraction of sp³-hybridized carbons (Fsp3) is 0.600. The van der Waals surface area contributed by atoms with Gasteiger partial charge in [-0.2, -0.15) is 0 Å². The molecule has 1 aromatic rings. The molecule has 0 radical (unpaired) electrons. The van der Waals surface area contributed by atoms with E-state index in [1.165, 1.54) is 26.2 Å². The molecular weight excluding hydrogens is 359 g/mol. The van der Waals surface area contributed by atoms with Crippen LogP contribution in [0.15, 0.2) is 12.1 Å². The molecule has 4 fully saturated rings. The maximum atomic E-state index is 13.7. The molecule has 1 aromatic carbocycles. The van der Waals surface area contributed by atoms with Gasteiger partial charge in [-0.05, 0) is 75.3 Å². The molecule has 27 heavy (non-hydrogen) atoms. The highest BCUT2D eigenvalue weighted by molar-refractivity contribution is 5.95. The van der Waals surface area contributed by atoms with Crippen molar-refractivity contribution in [3.05, 3.63) is 29.6 Å². The quantitative estimate of drug-likeness (QED) is 0.629. The lowest BCUT2D eigenvalue weighted by molar-refractivity contribution is -0.177. The second-order valence-corrected chi connectivity index (χ2v) is 8.46. The summed E-state index contributed by atoms with van der Waals surface area (Å²) in [4.78, 5) is 25.1. The highest BCUT2D eigenvalue weighted by Gasteiger charge is 2.55. The number of amides is 1. The van der Waals surface area contributed by atoms with Crippen molar-refractivity contribution in [3.63, 3.8) is 0 Å². The summed E-state index contributed by atoms with van der Waals surface area (Å²) < 4.78 is 45.4. The number of hydrogen-bond acceptors (Lipinski definition) is 3. The van der Waals surface area contributed by atoms with Crippen LogP contribution >= 0.6 is 0 Å². The first-order valence-corrected chi connectivity index (χ1v) is 9.43. The van der Waals surface area contributed by atoms with Crippen LogP contribution < -0.4 is 5.32 Å². The van der Waals surface area contributed by atoms with E-state index < -0.39 is 40.6 Å². The highest BCUT2D eigenvalue weighted by Crippen LogP contribution is 2.60. The highest BCUT2D eigenvalue weighted by atomic mass is 19.2. The van der Waals surface area contributed by atoms with Crippen LogP contribution in [0.3, 0.4) is 0 Å². The summed E-state index contributed by atoms with van der Waals surface area (Å²) in [7, 11) is 0. The van der Waals surface area contributed by atoms with Crippen molar-refractivity contribution in [1.82, 2.24) is 0 Å². The predicted molar refractivity (Wildman–Crippen MR) is 91.1 cm³/mol. The third kappa shape index (κ3) is 3.21. The van der Waals surface area contributed by atoms with E-state index in [-0.39, 0.29) is 5.97 Å². The fourth-order valence-electron chi connectivity index (χ4n) is 5.56. The van der Waals surface area contributed by atoms with Gasteiger partial charge in [0.1, 0.15) is 0 Å². The van der Waals surface area contributed by atoms with Crippen molar-refractivity contribution in [2.24, 2.45) is 23.2 Å². The average molecular weight is 381 g/mol. The molecule has 7 heteroatoms. The van der Waals surface area contributed by atoms with Gasteiger partial charge >= 0.3 is 5.97 Å². The Labute approximate surface area is 155 Å². The summed E-state index contributed by atoms with van der Waals surface area (Å²) in [6.07, 6.45) is 4.81. The Kier molecular flexibility index (Phi) is 4.43. The molecule has 4 nitrogen and oxygen atoms in total. The smallest absolute Gasteiger partial charge is 0.312 e. The van der Waals surface area contributed by atoms with Crippen LogP contribution in [0.4, 0.5) is 18.9 Å². The molecule has 146 valence electrons. The molecule has 4 bridgehead atoms. The Morgan fingerprint density at radius 3 is 2.15 bits per heavy atom. The lowest BCUT2D eigenvalue weighted by Gasteiger charge is -2.55. The van der Waals surface area contributed by atoms with Gasteiger partial charge in [-0.1, -0.05) is 0 Å². The van der Waals surface area contributed by atoms with E-state index in [0.29, 0.717) is 17.8 Å². The van der Waals surface area contributed by atoms with E-state index in [9.17, 15) is 22.8 Å². The van der Waals surface area contributed by atoms with Crippen molar-refractivity contribution >= 4 is 17.6 Å². The van der Waals surface area contributed by atoms with Crippen LogP contribution in [0.2, 0.25) is 0 Å². The molecule has 0 heterocycles. The molecule has 0 aliphatic heterocycles. The number of esters is 1. The first-order chi connectivity index (χ1) is 12.8. The minimum Gasteiger partial charge on any atom is -0.452 e. The van der Waals surface area contributed by atoms with Crippen LogP contribution in [0.25, 0.3) is 0 Å². The molecule has 0 aromatic heterocycles. The third-order valence-corrected chi connectivity index (χ3v) is 6.42. The number of halogens is 3. The minimum atomic E-state index is -1.66. The Bertz CT molecular complexity index is 760. The maximum Gasteiger partial charge on any atom is 0.312 e. The molecule has 1 N–H and O–H groups in total. The molecule has 0 saturated heterocycles. The van der Waals surface area contributed by atoms with E-state index in [1.807, 2.05) is 0 Å². The topological polar surface area (TPSA) is 55.4 Å². The first-order valence-electron chi connectivity index (χ1n) is 9.43. The summed E-state index contributed by atoms with van der Waals surface area (Å²) in [6.45, 7) is 1.39. The second kappa shape index (κ2) is 6.53. The monoisotopic (exact) mass is 381 g/mol. The van der Waals surface area contributed by atoms with Gasteiger partial charge in [-0.25, -0.2) is 13.2 Å². The van der Waals surface area contributed by atoms with Gasteiger partial charge in [0.2, 0.25) is 0 Å². The van der Waals surface area contributed by atoms with Gasteiger partial charge in [0.15, 0.2) is 23.6 Å². The fourth-order valence-corrected chi connectivity index (χ4v) is 5.56. The molecular formula is C20H22F3NO3. The SMILES string of the molecule is C[C@@H](OC(=O)C12CC3CC(CC(C3)C1)C2)C(=O)Nc1ccc(F)c(F)c1F. The second-order valence-electron chi connectivity index (χ2n) is 8.46. The number of rotatable bonds is 4. The van der Waals surface area contributed by atoms with E-state index >= 15 is 0 Å². The zero-order valence-electron chi connectivity index (χ0n) is 15.1. The Hall–Kier alpha value is -2.05. The normalized spacial score (nSPS) is 32.2. The van der Waals surface area contributed by atoms with Crippen molar-refractivity contribution in [3.8, 4) is 0 Å². The zero-order valence-corrected chi connectivity index (χ0v) is 15.1. The molecule has 1 amide bonds. The van der Waals surface area contributed by atoms with Gasteiger partial charge in [-0.15, -0.1) is 0 Å². The number of ether oxygens (including phenoxy) is 1. The summed E-state index contributed by atoms with van der Waals surface area (Å²) in [5.74, 6) is -3.95. The lowest BCUT2D eigenvalue weighted by atomic mass is 9.49. The largest absolute Gasteiger partial charge is 0.452 e. The Balaban J connectivity index is 1.42. The standard InChI is InChI=1S/C20H22F3NO3/c1-10(18(25)24-15-3-2-14(21)16(22)17(15)23)27-19(26)20-7-11-4-12(8-20)6-13(5-11)9-20/h2-3,10-13H,4-9H2,1H3,(H,24,25)/t10-,11?,12?,13?,20?/m1/s1. The van der Waals surface area contributed by atoms with E-state index in [1.54, 1.807) is 0 Å². The molecule has 1 atom stereocenters.